The summed E-state index contributed by atoms with van der Waals surface area (Å²) >= 11 is 0. The topological polar surface area (TPSA) is 38.3 Å². The first-order valence-electron chi connectivity index (χ1n) is 7.71. The van der Waals surface area contributed by atoms with Crippen LogP contribution in [0.5, 0.6) is 5.75 Å². The lowest BCUT2D eigenvalue weighted by Gasteiger charge is -2.15. The first kappa shape index (κ1) is 16.0. The standard InChI is InChI=1S/C20H18FNO2/c1-13(15-9-10-19(24-2)18(21)12-15)22-20(23)17-8-7-14-5-3-4-6-16(14)11-17/h3-13H,1-2H3,(H,22,23). The Balaban J connectivity index is 1.78. The van der Waals surface area contributed by atoms with Crippen LogP contribution < -0.4 is 10.1 Å². The molecule has 3 aromatic carbocycles. The minimum Gasteiger partial charge on any atom is -0.494 e. The Labute approximate surface area is 140 Å². The van der Waals surface area contributed by atoms with E-state index in [0.29, 0.717) is 11.1 Å². The van der Waals surface area contributed by atoms with Gasteiger partial charge in [-0.3, -0.25) is 4.79 Å². The van der Waals surface area contributed by atoms with Gasteiger partial charge in [0.1, 0.15) is 0 Å². The zero-order valence-electron chi connectivity index (χ0n) is 13.5. The van der Waals surface area contributed by atoms with Gasteiger partial charge in [-0.05, 0) is 47.5 Å². The van der Waals surface area contributed by atoms with Crippen molar-refractivity contribution in [3.63, 3.8) is 0 Å². The third-order valence-electron chi connectivity index (χ3n) is 4.04. The Bertz CT molecular complexity index is 892. The summed E-state index contributed by atoms with van der Waals surface area (Å²) in [7, 11) is 1.42. The molecule has 0 saturated carbocycles. The molecule has 0 aliphatic carbocycles. The maximum atomic E-state index is 13.8. The number of carbonyl (C=O) groups is 1. The van der Waals surface area contributed by atoms with Crippen molar-refractivity contribution in [2.75, 3.05) is 7.11 Å². The van der Waals surface area contributed by atoms with E-state index in [9.17, 15) is 9.18 Å². The van der Waals surface area contributed by atoms with Crippen LogP contribution in [0, 0.1) is 5.82 Å². The van der Waals surface area contributed by atoms with Crippen LogP contribution in [0.3, 0.4) is 0 Å². The SMILES string of the molecule is COc1ccc(C(C)NC(=O)c2ccc3ccccc3c2)cc1F. The van der Waals surface area contributed by atoms with Gasteiger partial charge in [-0.15, -0.1) is 0 Å². The van der Waals surface area contributed by atoms with Crippen LogP contribution in [-0.4, -0.2) is 13.0 Å². The summed E-state index contributed by atoms with van der Waals surface area (Å²) in [4.78, 5) is 12.5. The maximum Gasteiger partial charge on any atom is 0.251 e. The minimum atomic E-state index is -0.443. The molecule has 0 aliphatic heterocycles. The average Bonchev–Trinajstić information content (AvgIpc) is 2.61. The van der Waals surface area contributed by atoms with Crippen molar-refractivity contribution < 1.29 is 13.9 Å². The molecule has 0 heterocycles. The molecule has 24 heavy (non-hydrogen) atoms. The van der Waals surface area contributed by atoms with Crippen molar-refractivity contribution in [1.29, 1.82) is 0 Å². The molecular formula is C20H18FNO2. The van der Waals surface area contributed by atoms with E-state index in [4.69, 9.17) is 4.74 Å². The zero-order chi connectivity index (χ0) is 17.1. The normalized spacial score (nSPS) is 12.0. The summed E-state index contributed by atoms with van der Waals surface area (Å²) in [5, 5.41) is 4.99. The Morgan fingerprint density at radius 2 is 1.79 bits per heavy atom. The number of halogens is 1. The molecule has 0 bridgehead atoms. The zero-order valence-corrected chi connectivity index (χ0v) is 13.5. The number of carbonyl (C=O) groups excluding carboxylic acids is 1. The van der Waals surface area contributed by atoms with E-state index in [0.717, 1.165) is 10.8 Å². The van der Waals surface area contributed by atoms with E-state index in [1.807, 2.05) is 43.3 Å². The third-order valence-corrected chi connectivity index (χ3v) is 4.04. The van der Waals surface area contributed by atoms with E-state index in [-0.39, 0.29) is 17.7 Å². The van der Waals surface area contributed by atoms with Crippen LogP contribution in [0.4, 0.5) is 4.39 Å². The quantitative estimate of drug-likeness (QED) is 0.769. The molecule has 1 N–H and O–H groups in total. The average molecular weight is 323 g/mol. The van der Waals surface area contributed by atoms with Crippen molar-refractivity contribution in [3.05, 3.63) is 77.6 Å². The second-order valence-electron chi connectivity index (χ2n) is 5.65. The van der Waals surface area contributed by atoms with Crippen LogP contribution in [-0.2, 0) is 0 Å². The summed E-state index contributed by atoms with van der Waals surface area (Å²) < 4.78 is 18.7. The van der Waals surface area contributed by atoms with Gasteiger partial charge < -0.3 is 10.1 Å². The number of hydrogen-bond donors (Lipinski definition) is 1. The Morgan fingerprint density at radius 1 is 1.04 bits per heavy atom. The molecular weight excluding hydrogens is 305 g/mol. The van der Waals surface area contributed by atoms with Crippen LogP contribution in [0.1, 0.15) is 28.9 Å². The molecule has 3 nitrogen and oxygen atoms in total. The number of amides is 1. The lowest BCUT2D eigenvalue weighted by molar-refractivity contribution is 0.0940. The summed E-state index contributed by atoms with van der Waals surface area (Å²) in [6.07, 6.45) is 0. The van der Waals surface area contributed by atoms with Crippen molar-refractivity contribution in [1.82, 2.24) is 5.32 Å². The summed E-state index contributed by atoms with van der Waals surface area (Å²) in [5.41, 5.74) is 1.26. The van der Waals surface area contributed by atoms with Crippen LogP contribution in [0.2, 0.25) is 0 Å². The Morgan fingerprint density at radius 3 is 2.50 bits per heavy atom. The number of fused-ring (bicyclic) bond motifs is 1. The molecule has 0 aromatic heterocycles. The molecule has 3 aromatic rings. The van der Waals surface area contributed by atoms with Gasteiger partial charge in [0.25, 0.3) is 5.91 Å². The van der Waals surface area contributed by atoms with E-state index in [1.165, 1.54) is 13.2 Å². The maximum absolute atomic E-state index is 13.8. The van der Waals surface area contributed by atoms with E-state index < -0.39 is 5.82 Å². The molecule has 0 radical (unpaired) electrons. The van der Waals surface area contributed by atoms with Gasteiger partial charge in [0.15, 0.2) is 11.6 Å². The smallest absolute Gasteiger partial charge is 0.251 e. The Hall–Kier alpha value is -2.88. The number of methoxy groups -OCH3 is 1. The number of hydrogen-bond acceptors (Lipinski definition) is 2. The van der Waals surface area contributed by atoms with Gasteiger partial charge in [0.2, 0.25) is 0 Å². The van der Waals surface area contributed by atoms with Gasteiger partial charge in [-0.25, -0.2) is 4.39 Å². The fourth-order valence-corrected chi connectivity index (χ4v) is 2.65. The summed E-state index contributed by atoms with van der Waals surface area (Å²) in [6, 6.07) is 17.8. The highest BCUT2D eigenvalue weighted by Gasteiger charge is 2.14. The summed E-state index contributed by atoms with van der Waals surface area (Å²) in [6.45, 7) is 1.82. The fourth-order valence-electron chi connectivity index (χ4n) is 2.65. The largest absolute Gasteiger partial charge is 0.494 e. The molecule has 1 amide bonds. The highest BCUT2D eigenvalue weighted by molar-refractivity contribution is 5.98. The van der Waals surface area contributed by atoms with Crippen molar-refractivity contribution in [3.8, 4) is 5.75 Å². The summed E-state index contributed by atoms with van der Waals surface area (Å²) in [5.74, 6) is -0.446. The van der Waals surface area contributed by atoms with Gasteiger partial charge in [-0.2, -0.15) is 0 Å². The van der Waals surface area contributed by atoms with Gasteiger partial charge >= 0.3 is 0 Å². The monoisotopic (exact) mass is 323 g/mol. The molecule has 0 spiro atoms. The Kier molecular flexibility index (Phi) is 4.47. The first-order chi connectivity index (χ1) is 11.6. The van der Waals surface area contributed by atoms with Crippen LogP contribution in [0.25, 0.3) is 10.8 Å². The van der Waals surface area contributed by atoms with Crippen molar-refractivity contribution in [2.45, 2.75) is 13.0 Å². The molecule has 1 atom stereocenters. The highest BCUT2D eigenvalue weighted by Crippen LogP contribution is 2.22. The number of benzene rings is 3. The predicted octanol–water partition coefficient (Wildman–Crippen LogP) is 4.48. The number of nitrogens with one attached hydrogen (secondary N) is 1. The van der Waals surface area contributed by atoms with Crippen molar-refractivity contribution in [2.24, 2.45) is 0 Å². The molecule has 122 valence electrons. The van der Waals surface area contributed by atoms with E-state index >= 15 is 0 Å². The molecule has 1 unspecified atom stereocenters. The lowest BCUT2D eigenvalue weighted by Crippen LogP contribution is -2.26. The molecule has 0 fully saturated rings. The van der Waals surface area contributed by atoms with Crippen LogP contribution in [0.15, 0.2) is 60.7 Å². The van der Waals surface area contributed by atoms with Gasteiger partial charge in [0, 0.05) is 5.56 Å². The third kappa shape index (κ3) is 3.23. The molecule has 0 saturated heterocycles. The van der Waals surface area contributed by atoms with E-state index in [2.05, 4.69) is 5.32 Å². The van der Waals surface area contributed by atoms with Gasteiger partial charge in [-0.1, -0.05) is 36.4 Å². The van der Waals surface area contributed by atoms with Crippen molar-refractivity contribution >= 4 is 16.7 Å². The molecule has 3 rings (SSSR count). The second-order valence-corrected chi connectivity index (χ2v) is 5.65. The number of ether oxygens (including phenoxy) is 1. The highest BCUT2D eigenvalue weighted by atomic mass is 19.1. The van der Waals surface area contributed by atoms with E-state index in [1.54, 1.807) is 18.2 Å². The molecule has 0 aliphatic rings. The second kappa shape index (κ2) is 6.71. The minimum absolute atomic E-state index is 0.187. The first-order valence-corrected chi connectivity index (χ1v) is 7.71. The van der Waals surface area contributed by atoms with Gasteiger partial charge in [0.05, 0.1) is 13.2 Å². The number of rotatable bonds is 4. The molecule has 4 heteroatoms. The predicted molar refractivity (Wildman–Crippen MR) is 92.8 cm³/mol. The lowest BCUT2D eigenvalue weighted by atomic mass is 10.0. The van der Waals surface area contributed by atoms with Crippen LogP contribution >= 0.6 is 0 Å². The fraction of sp³-hybridized carbons (Fsp3) is 0.150.